The molecule has 1 N–H and O–H groups in total. The second-order valence-corrected chi connectivity index (χ2v) is 6.98. The number of rotatable bonds is 5. The van der Waals surface area contributed by atoms with Crippen LogP contribution in [0.3, 0.4) is 0 Å². The van der Waals surface area contributed by atoms with Crippen molar-refractivity contribution in [3.05, 3.63) is 84.6 Å². The first kappa shape index (κ1) is 19.1. The van der Waals surface area contributed by atoms with Crippen LogP contribution in [0.15, 0.2) is 64.1 Å². The number of nitrogens with zero attached hydrogens (tertiary/aromatic N) is 2. The molecule has 0 aliphatic rings. The molecule has 1 heterocycles. The quantitative estimate of drug-likeness (QED) is 0.236. The number of furan rings is 1. The number of nitrogens with one attached hydrogen (secondary N) is 1. The number of non-ortho nitro benzene ring substituents is 1. The Morgan fingerprint density at radius 3 is 2.63 bits per heavy atom. The van der Waals surface area contributed by atoms with Crippen molar-refractivity contribution in [3.63, 3.8) is 0 Å². The average Bonchev–Trinajstić information content (AvgIpc) is 3.12. The Kier molecular flexibility index (Phi) is 5.87. The topological polar surface area (TPSA) is 97.7 Å². The zero-order valence-electron chi connectivity index (χ0n) is 13.6. The number of hydrazone groups is 1. The Morgan fingerprint density at radius 1 is 1.19 bits per heavy atom. The van der Waals surface area contributed by atoms with E-state index in [0.29, 0.717) is 27.7 Å². The Balaban J connectivity index is 1.67. The summed E-state index contributed by atoms with van der Waals surface area (Å²) in [7, 11) is 0. The Labute approximate surface area is 172 Å². The smallest absolute Gasteiger partial charge is 0.272 e. The maximum atomic E-state index is 12.1. The summed E-state index contributed by atoms with van der Waals surface area (Å²) in [6.45, 7) is 0. The molecule has 2 aromatic carbocycles. The van der Waals surface area contributed by atoms with Crippen molar-refractivity contribution < 1.29 is 14.1 Å². The van der Waals surface area contributed by atoms with Crippen LogP contribution in [0.1, 0.15) is 16.1 Å². The standard InChI is InChI=1S/C18H11ClIN3O4/c19-16-7-3-12(20)9-15(16)18(24)22-21-10-14-6-8-17(27-14)11-1-4-13(5-2-11)23(25)26/h1-10H,(H,22,24)/b21-10-. The molecule has 0 spiro atoms. The molecule has 0 atom stereocenters. The lowest BCUT2D eigenvalue weighted by Crippen LogP contribution is -2.18. The first-order chi connectivity index (χ1) is 12.9. The molecule has 0 fully saturated rings. The fourth-order valence-electron chi connectivity index (χ4n) is 2.21. The third kappa shape index (κ3) is 4.72. The molecule has 0 saturated heterocycles. The van der Waals surface area contributed by atoms with Crippen molar-refractivity contribution in [2.75, 3.05) is 0 Å². The van der Waals surface area contributed by atoms with Crippen LogP contribution >= 0.6 is 34.2 Å². The third-order valence-electron chi connectivity index (χ3n) is 3.52. The maximum absolute atomic E-state index is 12.1. The van der Waals surface area contributed by atoms with E-state index in [1.807, 2.05) is 0 Å². The number of amides is 1. The van der Waals surface area contributed by atoms with E-state index in [2.05, 4.69) is 33.1 Å². The van der Waals surface area contributed by atoms with Gasteiger partial charge in [0.1, 0.15) is 11.5 Å². The van der Waals surface area contributed by atoms with Crippen LogP contribution in [0.4, 0.5) is 5.69 Å². The summed E-state index contributed by atoms with van der Waals surface area (Å²) >= 11 is 8.10. The van der Waals surface area contributed by atoms with Gasteiger partial charge in [0.2, 0.25) is 0 Å². The summed E-state index contributed by atoms with van der Waals surface area (Å²) in [6.07, 6.45) is 1.36. The van der Waals surface area contributed by atoms with Crippen molar-refractivity contribution in [3.8, 4) is 11.3 Å². The number of carbonyl (C=O) groups is 1. The Bertz CT molecular complexity index is 1030. The zero-order valence-corrected chi connectivity index (χ0v) is 16.5. The van der Waals surface area contributed by atoms with Gasteiger partial charge < -0.3 is 4.42 Å². The molecule has 9 heteroatoms. The number of halogens is 2. The van der Waals surface area contributed by atoms with Crippen LogP contribution in [0.25, 0.3) is 11.3 Å². The minimum atomic E-state index is -0.466. The van der Waals surface area contributed by atoms with E-state index in [1.165, 1.54) is 18.3 Å². The van der Waals surface area contributed by atoms with Gasteiger partial charge in [0.15, 0.2) is 0 Å². The van der Waals surface area contributed by atoms with Crippen LogP contribution < -0.4 is 5.43 Å². The first-order valence-corrected chi connectivity index (χ1v) is 9.03. The summed E-state index contributed by atoms with van der Waals surface area (Å²) in [5.41, 5.74) is 3.41. The molecule has 1 amide bonds. The third-order valence-corrected chi connectivity index (χ3v) is 4.52. The van der Waals surface area contributed by atoms with Crippen molar-refractivity contribution in [2.24, 2.45) is 5.10 Å². The fraction of sp³-hybridized carbons (Fsp3) is 0. The lowest BCUT2D eigenvalue weighted by molar-refractivity contribution is -0.384. The number of carbonyl (C=O) groups excluding carboxylic acids is 1. The van der Waals surface area contributed by atoms with Gasteiger partial charge >= 0.3 is 0 Å². The van der Waals surface area contributed by atoms with Gasteiger partial charge in [0.05, 0.1) is 21.7 Å². The molecular weight excluding hydrogens is 485 g/mol. The number of nitro groups is 1. The molecule has 0 saturated carbocycles. The van der Waals surface area contributed by atoms with Gasteiger partial charge in [-0.1, -0.05) is 11.6 Å². The van der Waals surface area contributed by atoms with E-state index in [1.54, 1.807) is 42.5 Å². The van der Waals surface area contributed by atoms with Gasteiger partial charge in [-0.25, -0.2) is 5.43 Å². The summed E-state index contributed by atoms with van der Waals surface area (Å²) in [6, 6.07) is 14.5. The van der Waals surface area contributed by atoms with Crippen molar-refractivity contribution in [1.29, 1.82) is 0 Å². The average molecular weight is 496 g/mol. The molecule has 0 aliphatic carbocycles. The van der Waals surface area contributed by atoms with Gasteiger partial charge in [-0.2, -0.15) is 5.10 Å². The summed E-state index contributed by atoms with van der Waals surface area (Å²) in [5, 5.41) is 14.9. The number of hydrogen-bond acceptors (Lipinski definition) is 5. The van der Waals surface area contributed by atoms with Crippen LogP contribution in [0.2, 0.25) is 5.02 Å². The lowest BCUT2D eigenvalue weighted by Gasteiger charge is -2.02. The van der Waals surface area contributed by atoms with Gasteiger partial charge in [0, 0.05) is 21.3 Å². The van der Waals surface area contributed by atoms with Gasteiger partial charge in [-0.05, 0) is 65.1 Å². The molecule has 27 heavy (non-hydrogen) atoms. The monoisotopic (exact) mass is 495 g/mol. The van der Waals surface area contributed by atoms with Crippen molar-refractivity contribution >= 4 is 52.0 Å². The number of benzene rings is 2. The van der Waals surface area contributed by atoms with Gasteiger partial charge in [-0.15, -0.1) is 0 Å². The zero-order chi connectivity index (χ0) is 19.4. The van der Waals surface area contributed by atoms with Crippen LogP contribution in [-0.4, -0.2) is 17.0 Å². The highest BCUT2D eigenvalue weighted by atomic mass is 127. The largest absolute Gasteiger partial charge is 0.455 e. The molecule has 0 aliphatic heterocycles. The summed E-state index contributed by atoms with van der Waals surface area (Å²) in [4.78, 5) is 22.3. The molecule has 3 rings (SSSR count). The predicted molar refractivity (Wildman–Crippen MR) is 110 cm³/mol. The summed E-state index contributed by atoms with van der Waals surface area (Å²) in [5.74, 6) is 0.507. The second kappa shape index (κ2) is 8.31. The molecule has 0 radical (unpaired) electrons. The molecule has 1 aromatic heterocycles. The first-order valence-electron chi connectivity index (χ1n) is 7.57. The van der Waals surface area contributed by atoms with E-state index < -0.39 is 10.8 Å². The summed E-state index contributed by atoms with van der Waals surface area (Å²) < 4.78 is 6.48. The van der Waals surface area contributed by atoms with E-state index in [-0.39, 0.29) is 5.69 Å². The van der Waals surface area contributed by atoms with Crippen molar-refractivity contribution in [2.45, 2.75) is 0 Å². The SMILES string of the molecule is O=C(N/N=C\c1ccc(-c2ccc([N+](=O)[O-])cc2)o1)c1cc(I)ccc1Cl. The Morgan fingerprint density at radius 2 is 1.93 bits per heavy atom. The highest BCUT2D eigenvalue weighted by Gasteiger charge is 2.10. The van der Waals surface area contributed by atoms with E-state index in [0.717, 1.165) is 3.57 Å². The van der Waals surface area contributed by atoms with Gasteiger partial charge in [0.25, 0.3) is 11.6 Å². The highest BCUT2D eigenvalue weighted by Crippen LogP contribution is 2.24. The normalized spacial score (nSPS) is 10.9. The van der Waals surface area contributed by atoms with E-state index in [4.69, 9.17) is 16.0 Å². The number of hydrogen-bond donors (Lipinski definition) is 1. The minimum absolute atomic E-state index is 0.00374. The van der Waals surface area contributed by atoms with Crippen molar-refractivity contribution in [1.82, 2.24) is 5.43 Å². The molecule has 0 bridgehead atoms. The van der Waals surface area contributed by atoms with Crippen LogP contribution in [0.5, 0.6) is 0 Å². The second-order valence-electron chi connectivity index (χ2n) is 5.33. The number of nitro benzene ring substituents is 1. The maximum Gasteiger partial charge on any atom is 0.272 e. The molecule has 136 valence electrons. The molecule has 0 unspecified atom stereocenters. The van der Waals surface area contributed by atoms with Crippen LogP contribution in [-0.2, 0) is 0 Å². The molecule has 3 aromatic rings. The predicted octanol–water partition coefficient (Wildman–Crippen LogP) is 4.88. The van der Waals surface area contributed by atoms with Gasteiger partial charge in [-0.3, -0.25) is 14.9 Å². The molecule has 7 nitrogen and oxygen atoms in total. The highest BCUT2D eigenvalue weighted by molar-refractivity contribution is 14.1. The minimum Gasteiger partial charge on any atom is -0.455 e. The van der Waals surface area contributed by atoms with E-state index in [9.17, 15) is 14.9 Å². The Hall–Kier alpha value is -2.72. The lowest BCUT2D eigenvalue weighted by atomic mass is 10.1. The fourth-order valence-corrected chi connectivity index (χ4v) is 2.91. The van der Waals surface area contributed by atoms with Crippen LogP contribution in [0, 0.1) is 13.7 Å². The molecular formula is C18H11ClIN3O4. The van der Waals surface area contributed by atoms with E-state index >= 15 is 0 Å².